The largest absolute Gasteiger partial charge is 0.496 e. The van der Waals surface area contributed by atoms with Crippen LogP contribution in [0.4, 0.5) is 0 Å². The lowest BCUT2D eigenvalue weighted by molar-refractivity contribution is 0.273. The molecular weight excluding hydrogens is 236 g/mol. The number of aryl methyl sites for hydroxylation is 1. The molecule has 3 nitrogen and oxygen atoms in total. The van der Waals surface area contributed by atoms with Crippen LogP contribution < -0.4 is 10.5 Å². The van der Waals surface area contributed by atoms with Gasteiger partial charge in [0.25, 0.3) is 0 Å². The van der Waals surface area contributed by atoms with Gasteiger partial charge in [0.1, 0.15) is 5.75 Å². The van der Waals surface area contributed by atoms with Crippen LogP contribution in [0, 0.1) is 0 Å². The number of methoxy groups -OCH3 is 1. The summed E-state index contributed by atoms with van der Waals surface area (Å²) < 4.78 is 5.36. The molecule has 2 N–H and O–H groups in total. The minimum absolute atomic E-state index is 0.136. The molecule has 0 heterocycles. The number of ether oxygens (including phenoxy) is 1. The maximum atomic E-state index is 6.03. The van der Waals surface area contributed by atoms with Gasteiger partial charge < -0.3 is 15.4 Å². The summed E-state index contributed by atoms with van der Waals surface area (Å²) in [6.07, 6.45) is 2.05. The fourth-order valence-corrected chi connectivity index (χ4v) is 2.36. The second-order valence-electron chi connectivity index (χ2n) is 5.98. The molecule has 0 bridgehead atoms. The molecule has 0 unspecified atom stereocenters. The van der Waals surface area contributed by atoms with Crippen molar-refractivity contribution in [3.63, 3.8) is 0 Å². The van der Waals surface area contributed by atoms with Crippen molar-refractivity contribution >= 4 is 0 Å². The van der Waals surface area contributed by atoms with Crippen molar-refractivity contribution in [1.82, 2.24) is 4.90 Å². The summed E-state index contributed by atoms with van der Waals surface area (Å²) in [6, 6.07) is 6.47. The van der Waals surface area contributed by atoms with Gasteiger partial charge in [-0.05, 0) is 50.9 Å². The fourth-order valence-electron chi connectivity index (χ4n) is 2.36. The number of nitrogens with zero attached hydrogens (tertiary/aromatic N) is 1. The zero-order valence-corrected chi connectivity index (χ0v) is 13.0. The van der Waals surface area contributed by atoms with Crippen LogP contribution in [-0.2, 0) is 12.8 Å². The molecule has 108 valence electrons. The number of hydrogen-bond acceptors (Lipinski definition) is 3. The molecule has 0 radical (unpaired) electrons. The van der Waals surface area contributed by atoms with E-state index in [4.69, 9.17) is 10.5 Å². The van der Waals surface area contributed by atoms with Crippen LogP contribution >= 0.6 is 0 Å². The van der Waals surface area contributed by atoms with E-state index in [0.717, 1.165) is 31.7 Å². The Balaban J connectivity index is 2.58. The Morgan fingerprint density at radius 3 is 2.53 bits per heavy atom. The lowest BCUT2D eigenvalue weighted by Crippen LogP contribution is -2.44. The quantitative estimate of drug-likeness (QED) is 0.822. The first-order chi connectivity index (χ1) is 8.85. The van der Waals surface area contributed by atoms with E-state index < -0.39 is 0 Å². The van der Waals surface area contributed by atoms with Crippen LogP contribution in [0.3, 0.4) is 0 Å². The van der Waals surface area contributed by atoms with E-state index >= 15 is 0 Å². The van der Waals surface area contributed by atoms with Crippen molar-refractivity contribution in [2.45, 2.75) is 39.2 Å². The van der Waals surface area contributed by atoms with E-state index in [9.17, 15) is 0 Å². The zero-order chi connectivity index (χ0) is 14.5. The van der Waals surface area contributed by atoms with Gasteiger partial charge in [0.2, 0.25) is 0 Å². The molecule has 0 aliphatic heterocycles. The average molecular weight is 264 g/mol. The lowest BCUT2D eigenvalue weighted by Gasteiger charge is -2.26. The second kappa shape index (κ2) is 6.92. The highest BCUT2D eigenvalue weighted by Crippen LogP contribution is 2.20. The highest BCUT2D eigenvalue weighted by Gasteiger charge is 2.13. The van der Waals surface area contributed by atoms with Gasteiger partial charge in [-0.1, -0.05) is 19.1 Å². The molecule has 0 saturated carbocycles. The molecule has 19 heavy (non-hydrogen) atoms. The number of likely N-dealkylation sites (N-methyl/N-ethyl adjacent to an activating group) is 1. The van der Waals surface area contributed by atoms with E-state index in [1.807, 2.05) is 0 Å². The van der Waals surface area contributed by atoms with Crippen molar-refractivity contribution in [2.75, 3.05) is 27.2 Å². The van der Waals surface area contributed by atoms with Crippen molar-refractivity contribution in [2.24, 2.45) is 5.73 Å². The standard InChI is InChI=1S/C16H28N2O/c1-6-14-11-13(7-8-15(14)19-5)9-10-18(4)12-16(2,3)17/h7-8,11H,6,9-10,12,17H2,1-5H3. The van der Waals surface area contributed by atoms with Crippen molar-refractivity contribution in [3.8, 4) is 5.75 Å². The molecule has 0 aliphatic rings. The maximum Gasteiger partial charge on any atom is 0.122 e. The molecule has 0 atom stereocenters. The monoisotopic (exact) mass is 264 g/mol. The third kappa shape index (κ3) is 5.62. The fraction of sp³-hybridized carbons (Fsp3) is 0.625. The minimum Gasteiger partial charge on any atom is -0.496 e. The van der Waals surface area contributed by atoms with Crippen LogP contribution in [-0.4, -0.2) is 37.7 Å². The molecule has 1 aromatic carbocycles. The van der Waals surface area contributed by atoms with Crippen molar-refractivity contribution in [1.29, 1.82) is 0 Å². The summed E-state index contributed by atoms with van der Waals surface area (Å²) in [7, 11) is 3.85. The van der Waals surface area contributed by atoms with E-state index in [1.165, 1.54) is 11.1 Å². The zero-order valence-electron chi connectivity index (χ0n) is 13.0. The Kier molecular flexibility index (Phi) is 5.83. The van der Waals surface area contributed by atoms with E-state index in [0.29, 0.717) is 0 Å². The molecule has 0 spiro atoms. The number of nitrogens with two attached hydrogens (primary N) is 1. The first-order valence-electron chi connectivity index (χ1n) is 6.99. The predicted octanol–water partition coefficient (Wildman–Crippen LogP) is 2.47. The molecule has 0 aliphatic carbocycles. The average Bonchev–Trinajstić information content (AvgIpc) is 2.33. The normalized spacial score (nSPS) is 11.9. The van der Waals surface area contributed by atoms with Crippen LogP contribution in [0.25, 0.3) is 0 Å². The van der Waals surface area contributed by atoms with E-state index in [1.54, 1.807) is 7.11 Å². The van der Waals surface area contributed by atoms with Gasteiger partial charge >= 0.3 is 0 Å². The number of hydrogen-bond donors (Lipinski definition) is 1. The highest BCUT2D eigenvalue weighted by molar-refractivity contribution is 5.37. The first-order valence-corrected chi connectivity index (χ1v) is 6.99. The van der Waals surface area contributed by atoms with Crippen LogP contribution in [0.5, 0.6) is 5.75 Å². The van der Waals surface area contributed by atoms with Gasteiger partial charge in [0.15, 0.2) is 0 Å². The Labute approximate surface area is 117 Å². The summed E-state index contributed by atoms with van der Waals surface area (Å²) in [4.78, 5) is 2.29. The van der Waals surface area contributed by atoms with Crippen molar-refractivity contribution in [3.05, 3.63) is 29.3 Å². The smallest absolute Gasteiger partial charge is 0.122 e. The molecule has 0 amide bonds. The molecule has 3 heteroatoms. The van der Waals surface area contributed by atoms with Gasteiger partial charge in [-0.15, -0.1) is 0 Å². The minimum atomic E-state index is -0.136. The maximum absolute atomic E-state index is 6.03. The Morgan fingerprint density at radius 1 is 1.32 bits per heavy atom. The summed E-state index contributed by atoms with van der Waals surface area (Å²) in [5.41, 5.74) is 8.53. The molecule has 1 rings (SSSR count). The van der Waals surface area contributed by atoms with E-state index in [2.05, 4.69) is 50.9 Å². The van der Waals surface area contributed by atoms with Crippen LogP contribution in [0.15, 0.2) is 18.2 Å². The van der Waals surface area contributed by atoms with Gasteiger partial charge in [0.05, 0.1) is 7.11 Å². The van der Waals surface area contributed by atoms with Crippen LogP contribution in [0.1, 0.15) is 31.9 Å². The first kappa shape index (κ1) is 16.0. The van der Waals surface area contributed by atoms with Gasteiger partial charge in [0, 0.05) is 18.6 Å². The third-order valence-corrected chi connectivity index (χ3v) is 3.19. The van der Waals surface area contributed by atoms with Gasteiger partial charge in [-0.25, -0.2) is 0 Å². The SMILES string of the molecule is CCc1cc(CCN(C)CC(C)(C)N)ccc1OC. The lowest BCUT2D eigenvalue weighted by atomic mass is 10.0. The van der Waals surface area contributed by atoms with E-state index in [-0.39, 0.29) is 5.54 Å². The van der Waals surface area contributed by atoms with Gasteiger partial charge in [-0.3, -0.25) is 0 Å². The Morgan fingerprint density at radius 2 is 2.00 bits per heavy atom. The Hall–Kier alpha value is -1.06. The predicted molar refractivity (Wildman–Crippen MR) is 81.8 cm³/mol. The summed E-state index contributed by atoms with van der Waals surface area (Å²) in [5, 5.41) is 0. The van der Waals surface area contributed by atoms with Crippen molar-refractivity contribution < 1.29 is 4.74 Å². The molecular formula is C16H28N2O. The highest BCUT2D eigenvalue weighted by atomic mass is 16.5. The third-order valence-electron chi connectivity index (χ3n) is 3.19. The molecule has 0 saturated heterocycles. The van der Waals surface area contributed by atoms with Gasteiger partial charge in [-0.2, -0.15) is 0 Å². The summed E-state index contributed by atoms with van der Waals surface area (Å²) >= 11 is 0. The summed E-state index contributed by atoms with van der Waals surface area (Å²) in [6.45, 7) is 8.21. The molecule has 0 fully saturated rings. The molecule has 1 aromatic rings. The number of benzene rings is 1. The number of rotatable bonds is 7. The molecule has 0 aromatic heterocycles. The summed E-state index contributed by atoms with van der Waals surface area (Å²) in [5.74, 6) is 0.989. The Bertz CT molecular complexity index is 396. The topological polar surface area (TPSA) is 38.5 Å². The van der Waals surface area contributed by atoms with Crippen LogP contribution in [0.2, 0.25) is 0 Å². The second-order valence-corrected chi connectivity index (χ2v) is 5.98.